The summed E-state index contributed by atoms with van der Waals surface area (Å²) in [6.45, 7) is 2.11. The zero-order valence-electron chi connectivity index (χ0n) is 9.77. The molecule has 1 aromatic carbocycles. The first kappa shape index (κ1) is 12.6. The number of carboxylic acids is 1. The standard InChI is InChI=1S/C13H18O3/c1-10(4-3-5-13(14)15)11-6-8-12(16-2)9-7-11/h6-10H,3-5H2,1-2H3,(H,14,15). The maximum Gasteiger partial charge on any atom is 0.303 e. The van der Waals surface area contributed by atoms with Crippen LogP contribution in [0.2, 0.25) is 0 Å². The van der Waals surface area contributed by atoms with Crippen LogP contribution in [0.15, 0.2) is 24.3 Å². The van der Waals surface area contributed by atoms with Crippen LogP contribution in [0, 0.1) is 0 Å². The molecule has 3 heteroatoms. The molecule has 0 aliphatic rings. The largest absolute Gasteiger partial charge is 0.497 e. The van der Waals surface area contributed by atoms with Gasteiger partial charge in [-0.2, -0.15) is 0 Å². The molecule has 1 N–H and O–H groups in total. The van der Waals surface area contributed by atoms with E-state index in [9.17, 15) is 4.79 Å². The molecule has 0 bridgehead atoms. The van der Waals surface area contributed by atoms with Crippen LogP contribution in [0.1, 0.15) is 37.7 Å². The molecule has 0 fully saturated rings. The minimum atomic E-state index is -0.720. The van der Waals surface area contributed by atoms with Gasteiger partial charge in [-0.1, -0.05) is 19.1 Å². The highest BCUT2D eigenvalue weighted by Crippen LogP contribution is 2.23. The van der Waals surface area contributed by atoms with Gasteiger partial charge in [-0.15, -0.1) is 0 Å². The predicted octanol–water partition coefficient (Wildman–Crippen LogP) is 3.05. The Balaban J connectivity index is 2.45. The van der Waals surface area contributed by atoms with E-state index in [4.69, 9.17) is 9.84 Å². The number of hydrogen-bond acceptors (Lipinski definition) is 2. The fourth-order valence-corrected chi connectivity index (χ4v) is 1.66. The summed E-state index contributed by atoms with van der Waals surface area (Å²) < 4.78 is 5.08. The third kappa shape index (κ3) is 3.93. The lowest BCUT2D eigenvalue weighted by atomic mass is 9.95. The van der Waals surface area contributed by atoms with E-state index in [1.165, 1.54) is 5.56 Å². The molecule has 1 atom stereocenters. The van der Waals surface area contributed by atoms with E-state index in [0.717, 1.165) is 18.6 Å². The average Bonchev–Trinajstić information content (AvgIpc) is 2.28. The number of ether oxygens (including phenoxy) is 1. The van der Waals surface area contributed by atoms with Gasteiger partial charge in [0.2, 0.25) is 0 Å². The van der Waals surface area contributed by atoms with Gasteiger partial charge in [-0.25, -0.2) is 0 Å². The quantitative estimate of drug-likeness (QED) is 0.804. The fourth-order valence-electron chi connectivity index (χ4n) is 1.66. The summed E-state index contributed by atoms with van der Waals surface area (Å²) >= 11 is 0. The Bertz CT molecular complexity index is 330. The summed E-state index contributed by atoms with van der Waals surface area (Å²) in [7, 11) is 1.64. The van der Waals surface area contributed by atoms with Crippen LogP contribution in [-0.4, -0.2) is 18.2 Å². The first-order valence-corrected chi connectivity index (χ1v) is 5.49. The molecule has 0 aromatic heterocycles. The van der Waals surface area contributed by atoms with Crippen LogP contribution < -0.4 is 4.74 Å². The molecule has 0 spiro atoms. The number of hydrogen-bond donors (Lipinski definition) is 1. The van der Waals surface area contributed by atoms with Gasteiger partial charge in [0, 0.05) is 6.42 Å². The first-order valence-electron chi connectivity index (χ1n) is 5.49. The highest BCUT2D eigenvalue weighted by atomic mass is 16.5. The first-order chi connectivity index (χ1) is 7.63. The number of aliphatic carboxylic acids is 1. The lowest BCUT2D eigenvalue weighted by molar-refractivity contribution is -0.137. The Hall–Kier alpha value is -1.51. The van der Waals surface area contributed by atoms with Crippen LogP contribution in [0.4, 0.5) is 0 Å². The normalized spacial score (nSPS) is 12.1. The molecule has 0 saturated carbocycles. The van der Waals surface area contributed by atoms with Gasteiger partial charge in [0.25, 0.3) is 0 Å². The molecule has 16 heavy (non-hydrogen) atoms. The van der Waals surface area contributed by atoms with Crippen LogP contribution in [0.3, 0.4) is 0 Å². The second-order valence-electron chi connectivity index (χ2n) is 3.96. The fraction of sp³-hybridized carbons (Fsp3) is 0.462. The molecular weight excluding hydrogens is 204 g/mol. The summed E-state index contributed by atoms with van der Waals surface area (Å²) in [5, 5.41) is 8.55. The number of carbonyl (C=O) groups is 1. The molecule has 0 saturated heterocycles. The van der Waals surface area contributed by atoms with E-state index in [2.05, 4.69) is 6.92 Å². The Kier molecular flexibility index (Phi) is 4.83. The van der Waals surface area contributed by atoms with E-state index in [-0.39, 0.29) is 6.42 Å². The van der Waals surface area contributed by atoms with E-state index >= 15 is 0 Å². The number of carboxylic acid groups (broad SMARTS) is 1. The Labute approximate surface area is 96.1 Å². The summed E-state index contributed by atoms with van der Waals surface area (Å²) in [5.74, 6) is 0.522. The Morgan fingerprint density at radius 3 is 2.50 bits per heavy atom. The van der Waals surface area contributed by atoms with Crippen molar-refractivity contribution in [3.8, 4) is 5.75 Å². The molecule has 1 unspecified atom stereocenters. The summed E-state index contributed by atoms with van der Waals surface area (Å²) in [5.41, 5.74) is 1.23. The maximum atomic E-state index is 10.4. The number of methoxy groups -OCH3 is 1. The van der Waals surface area contributed by atoms with Crippen molar-refractivity contribution in [2.75, 3.05) is 7.11 Å². The van der Waals surface area contributed by atoms with Crippen molar-refractivity contribution in [2.45, 2.75) is 32.1 Å². The third-order valence-corrected chi connectivity index (χ3v) is 2.71. The minimum absolute atomic E-state index is 0.250. The molecule has 1 rings (SSSR count). The molecular formula is C13H18O3. The lowest BCUT2D eigenvalue weighted by Crippen LogP contribution is -1.98. The SMILES string of the molecule is COc1ccc(C(C)CCCC(=O)O)cc1. The molecule has 88 valence electrons. The van der Waals surface area contributed by atoms with Gasteiger partial charge < -0.3 is 9.84 Å². The van der Waals surface area contributed by atoms with Crippen molar-refractivity contribution in [1.29, 1.82) is 0 Å². The second-order valence-corrected chi connectivity index (χ2v) is 3.96. The lowest BCUT2D eigenvalue weighted by Gasteiger charge is -2.11. The Morgan fingerprint density at radius 1 is 1.38 bits per heavy atom. The predicted molar refractivity (Wildman–Crippen MR) is 62.9 cm³/mol. The molecule has 0 amide bonds. The topological polar surface area (TPSA) is 46.5 Å². The average molecular weight is 222 g/mol. The number of benzene rings is 1. The zero-order valence-corrected chi connectivity index (χ0v) is 9.77. The van der Waals surface area contributed by atoms with Crippen molar-refractivity contribution in [1.82, 2.24) is 0 Å². The van der Waals surface area contributed by atoms with Crippen molar-refractivity contribution in [3.63, 3.8) is 0 Å². The van der Waals surface area contributed by atoms with Crippen LogP contribution in [0.5, 0.6) is 5.75 Å². The molecule has 0 aliphatic carbocycles. The maximum absolute atomic E-state index is 10.4. The van der Waals surface area contributed by atoms with Crippen molar-refractivity contribution < 1.29 is 14.6 Å². The molecule has 0 aliphatic heterocycles. The minimum Gasteiger partial charge on any atom is -0.497 e. The molecule has 0 heterocycles. The van der Waals surface area contributed by atoms with Crippen LogP contribution in [-0.2, 0) is 4.79 Å². The second kappa shape index (κ2) is 6.16. The zero-order chi connectivity index (χ0) is 12.0. The smallest absolute Gasteiger partial charge is 0.303 e. The van der Waals surface area contributed by atoms with Gasteiger partial charge >= 0.3 is 5.97 Å². The van der Waals surface area contributed by atoms with E-state index in [1.807, 2.05) is 24.3 Å². The monoisotopic (exact) mass is 222 g/mol. The van der Waals surface area contributed by atoms with Crippen molar-refractivity contribution in [2.24, 2.45) is 0 Å². The van der Waals surface area contributed by atoms with E-state index in [1.54, 1.807) is 7.11 Å². The third-order valence-electron chi connectivity index (χ3n) is 2.71. The molecule has 0 radical (unpaired) electrons. The van der Waals surface area contributed by atoms with Gasteiger partial charge in [-0.05, 0) is 36.5 Å². The van der Waals surface area contributed by atoms with Crippen LogP contribution >= 0.6 is 0 Å². The van der Waals surface area contributed by atoms with E-state index in [0.29, 0.717) is 5.92 Å². The summed E-state index contributed by atoms with van der Waals surface area (Å²) in [6, 6.07) is 7.93. The molecule has 3 nitrogen and oxygen atoms in total. The van der Waals surface area contributed by atoms with Gasteiger partial charge in [0.05, 0.1) is 7.11 Å². The van der Waals surface area contributed by atoms with Crippen molar-refractivity contribution >= 4 is 5.97 Å². The van der Waals surface area contributed by atoms with Crippen LogP contribution in [0.25, 0.3) is 0 Å². The Morgan fingerprint density at radius 2 is 2.00 bits per heavy atom. The van der Waals surface area contributed by atoms with Gasteiger partial charge in [-0.3, -0.25) is 4.79 Å². The van der Waals surface area contributed by atoms with Gasteiger partial charge in [0.1, 0.15) is 5.75 Å². The highest BCUT2D eigenvalue weighted by Gasteiger charge is 2.06. The number of rotatable bonds is 6. The van der Waals surface area contributed by atoms with Crippen molar-refractivity contribution in [3.05, 3.63) is 29.8 Å². The molecule has 1 aromatic rings. The van der Waals surface area contributed by atoms with E-state index < -0.39 is 5.97 Å². The summed E-state index contributed by atoms with van der Waals surface area (Å²) in [4.78, 5) is 10.4. The highest BCUT2D eigenvalue weighted by molar-refractivity contribution is 5.66. The van der Waals surface area contributed by atoms with Gasteiger partial charge in [0.15, 0.2) is 0 Å². The summed E-state index contributed by atoms with van der Waals surface area (Å²) in [6.07, 6.45) is 1.88.